The Balaban J connectivity index is 2.04. The molecule has 3 nitrogen and oxygen atoms in total. The van der Waals surface area contributed by atoms with Crippen molar-refractivity contribution in [3.05, 3.63) is 18.1 Å². The summed E-state index contributed by atoms with van der Waals surface area (Å²) in [6, 6.07) is 0.588. The van der Waals surface area contributed by atoms with Crippen LogP contribution in [-0.2, 0) is 0 Å². The first-order valence-electron chi connectivity index (χ1n) is 5.35. The number of nitrogens with one attached hydrogen (secondary N) is 1. The van der Waals surface area contributed by atoms with Crippen LogP contribution in [0.1, 0.15) is 31.9 Å². The summed E-state index contributed by atoms with van der Waals surface area (Å²) >= 11 is 0. The maximum absolute atomic E-state index is 4.30. The SMILES string of the molecule is CCC(Nc1nccnc1C)C1CC1. The van der Waals surface area contributed by atoms with Gasteiger partial charge < -0.3 is 5.32 Å². The minimum absolute atomic E-state index is 0.588. The quantitative estimate of drug-likeness (QED) is 0.794. The van der Waals surface area contributed by atoms with E-state index in [0.717, 1.165) is 17.4 Å². The van der Waals surface area contributed by atoms with Gasteiger partial charge >= 0.3 is 0 Å². The van der Waals surface area contributed by atoms with Gasteiger partial charge in [0, 0.05) is 18.4 Å². The van der Waals surface area contributed by atoms with Gasteiger partial charge in [0.15, 0.2) is 0 Å². The van der Waals surface area contributed by atoms with Gasteiger partial charge in [-0.2, -0.15) is 0 Å². The van der Waals surface area contributed by atoms with Gasteiger partial charge in [0.2, 0.25) is 0 Å². The molecule has 1 fully saturated rings. The van der Waals surface area contributed by atoms with Crippen molar-refractivity contribution in [1.82, 2.24) is 9.97 Å². The van der Waals surface area contributed by atoms with Crippen LogP contribution in [0.5, 0.6) is 0 Å². The first-order chi connectivity index (χ1) is 6.81. The Kier molecular flexibility index (Phi) is 2.66. The molecule has 2 rings (SSSR count). The fourth-order valence-corrected chi connectivity index (χ4v) is 1.78. The van der Waals surface area contributed by atoms with Crippen molar-refractivity contribution >= 4 is 5.82 Å². The highest BCUT2D eigenvalue weighted by Gasteiger charge is 2.30. The van der Waals surface area contributed by atoms with Crippen LogP contribution in [0, 0.1) is 12.8 Å². The molecule has 1 aliphatic carbocycles. The molecule has 0 saturated heterocycles. The lowest BCUT2D eigenvalue weighted by molar-refractivity contribution is 0.613. The van der Waals surface area contributed by atoms with E-state index in [0.29, 0.717) is 6.04 Å². The van der Waals surface area contributed by atoms with Gasteiger partial charge in [0.1, 0.15) is 5.82 Å². The summed E-state index contributed by atoms with van der Waals surface area (Å²) in [4.78, 5) is 8.52. The lowest BCUT2D eigenvalue weighted by Gasteiger charge is -2.17. The maximum atomic E-state index is 4.30. The fourth-order valence-electron chi connectivity index (χ4n) is 1.78. The molecule has 1 saturated carbocycles. The number of aryl methyl sites for hydroxylation is 1. The molecule has 1 atom stereocenters. The van der Waals surface area contributed by atoms with Crippen molar-refractivity contribution in [2.75, 3.05) is 5.32 Å². The van der Waals surface area contributed by atoms with Gasteiger partial charge in [0.25, 0.3) is 0 Å². The summed E-state index contributed by atoms with van der Waals surface area (Å²) in [6.45, 7) is 4.22. The van der Waals surface area contributed by atoms with Crippen molar-refractivity contribution in [2.45, 2.75) is 39.2 Å². The van der Waals surface area contributed by atoms with Gasteiger partial charge in [-0.1, -0.05) is 6.92 Å². The highest BCUT2D eigenvalue weighted by Crippen LogP contribution is 2.35. The summed E-state index contributed by atoms with van der Waals surface area (Å²) in [6.07, 6.45) is 7.38. The van der Waals surface area contributed by atoms with E-state index in [4.69, 9.17) is 0 Å². The molecule has 1 aromatic rings. The molecule has 3 heteroatoms. The second-order valence-electron chi connectivity index (χ2n) is 3.99. The molecule has 14 heavy (non-hydrogen) atoms. The van der Waals surface area contributed by atoms with Gasteiger partial charge in [-0.15, -0.1) is 0 Å². The van der Waals surface area contributed by atoms with E-state index < -0.39 is 0 Å². The maximum Gasteiger partial charge on any atom is 0.147 e. The summed E-state index contributed by atoms with van der Waals surface area (Å²) < 4.78 is 0. The average Bonchev–Trinajstić information content (AvgIpc) is 3.00. The standard InChI is InChI=1S/C11H17N3/c1-3-10(9-4-5-9)14-11-8(2)12-6-7-13-11/h6-7,9-10H,3-5H2,1-2H3,(H,13,14). The highest BCUT2D eigenvalue weighted by atomic mass is 15.0. The summed E-state index contributed by atoms with van der Waals surface area (Å²) in [5, 5.41) is 3.49. The van der Waals surface area contributed by atoms with Gasteiger partial charge in [-0.05, 0) is 32.1 Å². The number of anilines is 1. The van der Waals surface area contributed by atoms with E-state index in [9.17, 15) is 0 Å². The van der Waals surface area contributed by atoms with Crippen LogP contribution in [0.4, 0.5) is 5.82 Å². The van der Waals surface area contributed by atoms with Crippen molar-refractivity contribution in [1.29, 1.82) is 0 Å². The Hall–Kier alpha value is -1.12. The first-order valence-corrected chi connectivity index (χ1v) is 5.35. The Labute approximate surface area is 85.0 Å². The zero-order valence-electron chi connectivity index (χ0n) is 8.83. The Morgan fingerprint density at radius 1 is 1.43 bits per heavy atom. The molecular formula is C11H17N3. The average molecular weight is 191 g/mol. The van der Waals surface area contributed by atoms with Crippen LogP contribution >= 0.6 is 0 Å². The van der Waals surface area contributed by atoms with E-state index in [2.05, 4.69) is 22.2 Å². The fraction of sp³-hybridized carbons (Fsp3) is 0.636. The Bertz CT molecular complexity index is 307. The number of aromatic nitrogens is 2. The van der Waals surface area contributed by atoms with Crippen molar-refractivity contribution in [3.8, 4) is 0 Å². The number of nitrogens with zero attached hydrogens (tertiary/aromatic N) is 2. The molecule has 76 valence electrons. The predicted molar refractivity (Wildman–Crippen MR) is 57.2 cm³/mol. The van der Waals surface area contributed by atoms with Crippen LogP contribution in [0.25, 0.3) is 0 Å². The van der Waals surface area contributed by atoms with Crippen LogP contribution in [0.2, 0.25) is 0 Å². The molecule has 0 aliphatic heterocycles. The molecule has 1 N–H and O–H groups in total. The van der Waals surface area contributed by atoms with Gasteiger partial charge in [-0.3, -0.25) is 4.98 Å². The van der Waals surface area contributed by atoms with Crippen molar-refractivity contribution in [2.24, 2.45) is 5.92 Å². The lowest BCUT2D eigenvalue weighted by Crippen LogP contribution is -2.22. The predicted octanol–water partition coefficient (Wildman–Crippen LogP) is 2.39. The number of rotatable bonds is 4. The molecular weight excluding hydrogens is 174 g/mol. The summed E-state index contributed by atoms with van der Waals surface area (Å²) in [7, 11) is 0. The molecule has 1 unspecified atom stereocenters. The van der Waals surface area contributed by atoms with Crippen LogP contribution in [-0.4, -0.2) is 16.0 Å². The molecule has 0 amide bonds. The smallest absolute Gasteiger partial charge is 0.147 e. The topological polar surface area (TPSA) is 37.8 Å². The zero-order valence-corrected chi connectivity index (χ0v) is 8.83. The van der Waals surface area contributed by atoms with Crippen LogP contribution < -0.4 is 5.32 Å². The molecule has 0 aromatic carbocycles. The number of hydrogen-bond acceptors (Lipinski definition) is 3. The third kappa shape index (κ3) is 2.03. The van der Waals surface area contributed by atoms with Crippen LogP contribution in [0.15, 0.2) is 12.4 Å². The molecule has 0 spiro atoms. The van der Waals surface area contributed by atoms with E-state index >= 15 is 0 Å². The summed E-state index contributed by atoms with van der Waals surface area (Å²) in [5.41, 5.74) is 0.992. The van der Waals surface area contributed by atoms with Crippen molar-refractivity contribution in [3.63, 3.8) is 0 Å². The minimum atomic E-state index is 0.588. The normalized spacial score (nSPS) is 17.9. The van der Waals surface area contributed by atoms with Crippen molar-refractivity contribution < 1.29 is 0 Å². The summed E-state index contributed by atoms with van der Waals surface area (Å²) in [5.74, 6) is 1.81. The largest absolute Gasteiger partial charge is 0.366 e. The van der Waals surface area contributed by atoms with Crippen LogP contribution in [0.3, 0.4) is 0 Å². The molecule has 1 aromatic heterocycles. The minimum Gasteiger partial charge on any atom is -0.366 e. The third-order valence-corrected chi connectivity index (χ3v) is 2.83. The monoisotopic (exact) mass is 191 g/mol. The first kappa shape index (κ1) is 9.44. The van der Waals surface area contributed by atoms with E-state index in [1.165, 1.54) is 19.3 Å². The third-order valence-electron chi connectivity index (χ3n) is 2.83. The van der Waals surface area contributed by atoms with E-state index in [-0.39, 0.29) is 0 Å². The number of hydrogen-bond donors (Lipinski definition) is 1. The second kappa shape index (κ2) is 3.95. The lowest BCUT2D eigenvalue weighted by atomic mass is 10.1. The molecule has 1 heterocycles. The molecule has 0 bridgehead atoms. The highest BCUT2D eigenvalue weighted by molar-refractivity contribution is 5.39. The Morgan fingerprint density at radius 2 is 2.14 bits per heavy atom. The zero-order chi connectivity index (χ0) is 9.97. The van der Waals surface area contributed by atoms with E-state index in [1.54, 1.807) is 12.4 Å². The second-order valence-corrected chi connectivity index (χ2v) is 3.99. The van der Waals surface area contributed by atoms with Gasteiger partial charge in [0.05, 0.1) is 5.69 Å². The Morgan fingerprint density at radius 3 is 2.71 bits per heavy atom. The molecule has 0 radical (unpaired) electrons. The van der Waals surface area contributed by atoms with Gasteiger partial charge in [-0.25, -0.2) is 4.98 Å². The van der Waals surface area contributed by atoms with E-state index in [1.807, 2.05) is 6.92 Å². The molecule has 1 aliphatic rings.